The average Bonchev–Trinajstić information content (AvgIpc) is 3.19. The number of hydrogen-bond acceptors (Lipinski definition) is 5. The molecule has 1 fully saturated rings. The fourth-order valence-corrected chi connectivity index (χ4v) is 3.69. The minimum atomic E-state index is -0.123. The van der Waals surface area contributed by atoms with E-state index < -0.39 is 0 Å². The Morgan fingerprint density at radius 3 is 2.83 bits per heavy atom. The smallest absolute Gasteiger partial charge is 0.257 e. The first kappa shape index (κ1) is 19.2. The van der Waals surface area contributed by atoms with E-state index in [1.807, 2.05) is 49.1 Å². The molecule has 2 aromatic heterocycles. The van der Waals surface area contributed by atoms with E-state index in [4.69, 9.17) is 9.47 Å². The molecule has 1 aromatic carbocycles. The van der Waals surface area contributed by atoms with Crippen LogP contribution >= 0.6 is 0 Å². The van der Waals surface area contributed by atoms with Gasteiger partial charge in [-0.1, -0.05) is 12.1 Å². The Bertz CT molecular complexity index is 1000. The molecular formula is C22H26N4O3. The maximum absolute atomic E-state index is 13.3. The van der Waals surface area contributed by atoms with E-state index >= 15 is 0 Å². The third-order valence-electron chi connectivity index (χ3n) is 5.15. The quantitative estimate of drug-likeness (QED) is 0.661. The van der Waals surface area contributed by atoms with Crippen molar-refractivity contribution in [2.24, 2.45) is 0 Å². The molecule has 2 atom stereocenters. The van der Waals surface area contributed by atoms with Gasteiger partial charge in [0.1, 0.15) is 17.4 Å². The SMILES string of the molecule is CC(C)Oc1ccccc1C(=O)N1C[C@H](Oc2nccn3nccc23)CC[C@H]1C. The molecule has 1 aliphatic heterocycles. The maximum atomic E-state index is 13.3. The van der Waals surface area contributed by atoms with Gasteiger partial charge in [0.2, 0.25) is 5.88 Å². The lowest BCUT2D eigenvalue weighted by Crippen LogP contribution is -2.49. The molecule has 1 amide bonds. The first-order chi connectivity index (χ1) is 14.0. The summed E-state index contributed by atoms with van der Waals surface area (Å²) in [6.07, 6.45) is 6.78. The molecule has 1 aliphatic rings. The van der Waals surface area contributed by atoms with Gasteiger partial charge in [0.15, 0.2) is 0 Å². The molecule has 0 N–H and O–H groups in total. The zero-order chi connectivity index (χ0) is 20.4. The number of benzene rings is 1. The van der Waals surface area contributed by atoms with Gasteiger partial charge in [-0.2, -0.15) is 5.10 Å². The van der Waals surface area contributed by atoms with E-state index in [1.165, 1.54) is 0 Å². The summed E-state index contributed by atoms with van der Waals surface area (Å²) in [6.45, 7) is 6.50. The second-order valence-corrected chi connectivity index (χ2v) is 7.68. The van der Waals surface area contributed by atoms with Crippen LogP contribution in [0.2, 0.25) is 0 Å². The lowest BCUT2D eigenvalue weighted by atomic mass is 9.99. The molecule has 7 heteroatoms. The van der Waals surface area contributed by atoms with Crippen LogP contribution in [0.4, 0.5) is 0 Å². The van der Waals surface area contributed by atoms with Crippen molar-refractivity contribution in [2.75, 3.05) is 6.54 Å². The van der Waals surface area contributed by atoms with Gasteiger partial charge >= 0.3 is 0 Å². The summed E-state index contributed by atoms with van der Waals surface area (Å²) in [6, 6.07) is 9.43. The van der Waals surface area contributed by atoms with Crippen LogP contribution in [-0.4, -0.2) is 50.2 Å². The third kappa shape index (κ3) is 4.04. The highest BCUT2D eigenvalue weighted by molar-refractivity contribution is 5.97. The highest BCUT2D eigenvalue weighted by Crippen LogP contribution is 2.27. The standard InChI is InChI=1S/C22H26N4O3/c1-15(2)28-20-7-5-4-6-18(20)22(27)25-14-17(9-8-16(25)3)29-21-19-10-11-24-26(19)13-12-23-21/h4-7,10-13,15-17H,8-9,14H2,1-3H3/t16-,17-/m1/s1. The number of nitrogens with zero attached hydrogens (tertiary/aromatic N) is 4. The Labute approximate surface area is 170 Å². The third-order valence-corrected chi connectivity index (χ3v) is 5.15. The molecule has 0 spiro atoms. The Kier molecular flexibility index (Phi) is 5.38. The largest absolute Gasteiger partial charge is 0.490 e. The van der Waals surface area contributed by atoms with Crippen molar-refractivity contribution in [3.05, 3.63) is 54.5 Å². The van der Waals surface area contributed by atoms with E-state index in [9.17, 15) is 4.79 Å². The topological polar surface area (TPSA) is 69.0 Å². The molecule has 3 aromatic rings. The maximum Gasteiger partial charge on any atom is 0.257 e. The van der Waals surface area contributed by atoms with Crippen molar-refractivity contribution < 1.29 is 14.3 Å². The molecule has 1 saturated heterocycles. The van der Waals surface area contributed by atoms with Gasteiger partial charge in [0.25, 0.3) is 5.91 Å². The van der Waals surface area contributed by atoms with Crippen LogP contribution in [0.5, 0.6) is 11.6 Å². The molecule has 0 bridgehead atoms. The number of carbonyl (C=O) groups excluding carboxylic acids is 1. The second kappa shape index (κ2) is 8.11. The second-order valence-electron chi connectivity index (χ2n) is 7.68. The predicted octanol–water partition coefficient (Wildman–Crippen LogP) is 3.59. The van der Waals surface area contributed by atoms with Crippen molar-refractivity contribution in [2.45, 2.75) is 51.9 Å². The van der Waals surface area contributed by atoms with Crippen LogP contribution in [0, 0.1) is 0 Å². The van der Waals surface area contributed by atoms with Crippen LogP contribution in [0.1, 0.15) is 44.0 Å². The molecular weight excluding hydrogens is 368 g/mol. The zero-order valence-electron chi connectivity index (χ0n) is 17.0. The molecule has 29 heavy (non-hydrogen) atoms. The van der Waals surface area contributed by atoms with Gasteiger partial charge < -0.3 is 14.4 Å². The molecule has 0 unspecified atom stereocenters. The summed E-state index contributed by atoms with van der Waals surface area (Å²) in [7, 11) is 0. The zero-order valence-corrected chi connectivity index (χ0v) is 17.0. The van der Waals surface area contributed by atoms with Crippen molar-refractivity contribution in [1.82, 2.24) is 19.5 Å². The number of rotatable bonds is 5. The Balaban J connectivity index is 1.54. The highest BCUT2D eigenvalue weighted by Gasteiger charge is 2.32. The van der Waals surface area contributed by atoms with Gasteiger partial charge in [-0.05, 0) is 51.8 Å². The molecule has 7 nitrogen and oxygen atoms in total. The van der Waals surface area contributed by atoms with Gasteiger partial charge in [0.05, 0.1) is 24.4 Å². The number of likely N-dealkylation sites (tertiary alicyclic amines) is 1. The number of carbonyl (C=O) groups is 1. The number of amides is 1. The Morgan fingerprint density at radius 2 is 2.00 bits per heavy atom. The number of piperidine rings is 1. The van der Waals surface area contributed by atoms with E-state index in [2.05, 4.69) is 17.0 Å². The number of para-hydroxylation sites is 1. The summed E-state index contributed by atoms with van der Waals surface area (Å²) in [5.41, 5.74) is 1.41. The molecule has 0 saturated carbocycles. The fourth-order valence-electron chi connectivity index (χ4n) is 3.69. The number of hydrogen-bond donors (Lipinski definition) is 0. The monoisotopic (exact) mass is 394 g/mol. The summed E-state index contributed by atoms with van der Waals surface area (Å²) in [5.74, 6) is 1.13. The summed E-state index contributed by atoms with van der Waals surface area (Å²) < 4.78 is 13.8. The average molecular weight is 394 g/mol. The van der Waals surface area contributed by atoms with Crippen molar-refractivity contribution in [3.63, 3.8) is 0 Å². The van der Waals surface area contributed by atoms with Crippen LogP contribution in [0.15, 0.2) is 48.9 Å². The predicted molar refractivity (Wildman–Crippen MR) is 109 cm³/mol. The van der Waals surface area contributed by atoms with E-state index in [-0.39, 0.29) is 24.2 Å². The van der Waals surface area contributed by atoms with Crippen LogP contribution in [0.3, 0.4) is 0 Å². The summed E-state index contributed by atoms with van der Waals surface area (Å²) in [4.78, 5) is 19.6. The molecule has 4 rings (SSSR count). The molecule has 0 radical (unpaired) electrons. The van der Waals surface area contributed by atoms with E-state index in [0.29, 0.717) is 23.7 Å². The lowest BCUT2D eigenvalue weighted by molar-refractivity contribution is 0.0372. The minimum absolute atomic E-state index is 0.000954. The molecule has 3 heterocycles. The summed E-state index contributed by atoms with van der Waals surface area (Å²) in [5, 5.41) is 4.22. The number of ether oxygens (including phenoxy) is 2. The Hall–Kier alpha value is -3.09. The van der Waals surface area contributed by atoms with Crippen LogP contribution < -0.4 is 9.47 Å². The van der Waals surface area contributed by atoms with Crippen molar-refractivity contribution >= 4 is 11.4 Å². The molecule has 152 valence electrons. The molecule has 0 aliphatic carbocycles. The van der Waals surface area contributed by atoms with Crippen molar-refractivity contribution in [1.29, 1.82) is 0 Å². The normalized spacial score (nSPS) is 19.5. The fraction of sp³-hybridized carbons (Fsp3) is 0.409. The first-order valence-electron chi connectivity index (χ1n) is 10.0. The number of fused-ring (bicyclic) bond motifs is 1. The highest BCUT2D eigenvalue weighted by atomic mass is 16.5. The van der Waals surface area contributed by atoms with Crippen LogP contribution in [-0.2, 0) is 0 Å². The number of aromatic nitrogens is 3. The van der Waals surface area contributed by atoms with Gasteiger partial charge in [-0.3, -0.25) is 4.79 Å². The first-order valence-corrected chi connectivity index (χ1v) is 10.0. The lowest BCUT2D eigenvalue weighted by Gasteiger charge is -2.38. The summed E-state index contributed by atoms with van der Waals surface area (Å²) >= 11 is 0. The van der Waals surface area contributed by atoms with Gasteiger partial charge in [-0.25, -0.2) is 9.50 Å². The van der Waals surface area contributed by atoms with E-state index in [0.717, 1.165) is 18.4 Å². The van der Waals surface area contributed by atoms with Crippen LogP contribution in [0.25, 0.3) is 5.52 Å². The van der Waals surface area contributed by atoms with Gasteiger partial charge in [0, 0.05) is 18.4 Å². The minimum Gasteiger partial charge on any atom is -0.490 e. The van der Waals surface area contributed by atoms with Gasteiger partial charge in [-0.15, -0.1) is 0 Å². The van der Waals surface area contributed by atoms with Crippen molar-refractivity contribution in [3.8, 4) is 11.6 Å². The van der Waals surface area contributed by atoms with E-state index in [1.54, 1.807) is 23.1 Å². The Morgan fingerprint density at radius 1 is 1.17 bits per heavy atom.